The van der Waals surface area contributed by atoms with E-state index in [1.165, 1.54) is 49.4 Å². The lowest BCUT2D eigenvalue weighted by atomic mass is 9.91. The maximum Gasteiger partial charge on any atom is 0.254 e. The Bertz CT molecular complexity index is 2610. The summed E-state index contributed by atoms with van der Waals surface area (Å²) < 4.78 is 29.9. The number of halogens is 3. The van der Waals surface area contributed by atoms with Gasteiger partial charge in [0.05, 0.1) is 29.6 Å². The highest BCUT2D eigenvalue weighted by Crippen LogP contribution is 2.35. The first-order valence-electron chi connectivity index (χ1n) is 23.1. The van der Waals surface area contributed by atoms with Gasteiger partial charge in [-0.3, -0.25) is 14.8 Å². The fourth-order valence-corrected chi connectivity index (χ4v) is 9.40. The van der Waals surface area contributed by atoms with Gasteiger partial charge >= 0.3 is 0 Å². The van der Waals surface area contributed by atoms with E-state index in [1.54, 1.807) is 30.6 Å². The Morgan fingerprint density at radius 3 is 2.45 bits per heavy atom. The number of carbonyl (C=O) groups is 2. The quantitative estimate of drug-likeness (QED) is 0.0245. The molecular formula is C52H56ClF2N9O2. The van der Waals surface area contributed by atoms with Crippen LogP contribution in [0.15, 0.2) is 100 Å². The standard InChI is InChI=1S/C52H56ClF2N9O2/c1-33(9-8-26-65)64-32-36-27-34(13-23-42(36)51(64)66)10-5-3-2-4-6-25-57-39-19-21-40(22-20-39)58-31-47(63-56)35-14-17-41(18-15-35)61-52-60-30-37-29-59-50(48-45(54)11-7-12-46(48)55)44-28-38(53)16-24-43(44)49(37)62-52/h7,11-18,23-24,26-28,30-31,33,39-40,57H,2-6,8-10,19-22,25,29,32,56H2,1H3,(H,60,61,62). The zero-order chi connectivity index (χ0) is 46.0. The largest absolute Gasteiger partial charge is 0.332 e. The van der Waals surface area contributed by atoms with Crippen molar-refractivity contribution in [2.45, 2.75) is 115 Å². The minimum atomic E-state index is -0.712. The van der Waals surface area contributed by atoms with E-state index in [-0.39, 0.29) is 35.8 Å². The van der Waals surface area contributed by atoms with Crippen LogP contribution in [0.2, 0.25) is 5.02 Å². The number of hydrogen-bond acceptors (Lipinski definition) is 10. The molecule has 1 unspecified atom stereocenters. The average Bonchev–Trinajstić information content (AvgIpc) is 3.57. The fraction of sp³-hybridized carbons (Fsp3) is 0.365. The van der Waals surface area contributed by atoms with Crippen molar-refractivity contribution >= 4 is 53.1 Å². The van der Waals surface area contributed by atoms with Crippen LogP contribution in [0.4, 0.5) is 20.4 Å². The van der Waals surface area contributed by atoms with Gasteiger partial charge in [-0.1, -0.05) is 67.3 Å². The third-order valence-electron chi connectivity index (χ3n) is 13.0. The Morgan fingerprint density at radius 2 is 1.68 bits per heavy atom. The van der Waals surface area contributed by atoms with Gasteiger partial charge in [0, 0.05) is 76.0 Å². The number of rotatable bonds is 19. The normalized spacial score (nSPS) is 17.5. The van der Waals surface area contributed by atoms with Crippen LogP contribution in [0.1, 0.15) is 121 Å². The van der Waals surface area contributed by atoms with Gasteiger partial charge in [-0.15, -0.1) is 0 Å². The average molecular weight is 913 g/mol. The highest BCUT2D eigenvalue weighted by molar-refractivity contribution is 6.38. The van der Waals surface area contributed by atoms with Crippen molar-refractivity contribution in [3.05, 3.63) is 141 Å². The van der Waals surface area contributed by atoms with Gasteiger partial charge in [0.1, 0.15) is 23.6 Å². The Kier molecular flexibility index (Phi) is 15.4. The monoisotopic (exact) mass is 911 g/mol. The first kappa shape index (κ1) is 46.4. The topological polar surface area (TPSA) is 150 Å². The van der Waals surface area contributed by atoms with E-state index in [9.17, 15) is 18.4 Å². The highest BCUT2D eigenvalue weighted by Gasteiger charge is 2.31. The molecule has 4 aromatic carbocycles. The number of aromatic nitrogens is 2. The molecule has 5 aromatic rings. The maximum absolute atomic E-state index is 15.0. The summed E-state index contributed by atoms with van der Waals surface area (Å²) in [5, 5.41) is 11.5. The van der Waals surface area contributed by atoms with Gasteiger partial charge < -0.3 is 26.2 Å². The molecule has 8 rings (SSSR count). The number of aldehydes is 1. The number of nitrogens with zero attached hydrogens (tertiary/aromatic N) is 6. The Hall–Kier alpha value is -6.18. The number of hydrogen-bond donors (Lipinski definition) is 3. The van der Waals surface area contributed by atoms with Crippen LogP contribution in [0, 0.1) is 11.6 Å². The predicted octanol–water partition coefficient (Wildman–Crippen LogP) is 10.3. The second kappa shape index (κ2) is 21.9. The van der Waals surface area contributed by atoms with E-state index in [0.29, 0.717) is 64.5 Å². The van der Waals surface area contributed by atoms with Gasteiger partial charge in [-0.25, -0.2) is 18.7 Å². The molecule has 66 heavy (non-hydrogen) atoms. The molecule has 11 nitrogen and oxygen atoms in total. The van der Waals surface area contributed by atoms with Crippen molar-refractivity contribution < 1.29 is 18.4 Å². The van der Waals surface area contributed by atoms with Crippen molar-refractivity contribution in [2.75, 3.05) is 11.9 Å². The number of amides is 1. The summed E-state index contributed by atoms with van der Waals surface area (Å²) >= 11 is 6.38. The van der Waals surface area contributed by atoms with E-state index < -0.39 is 11.6 Å². The van der Waals surface area contributed by atoms with E-state index in [1.807, 2.05) is 42.2 Å². The lowest BCUT2D eigenvalue weighted by molar-refractivity contribution is -0.108. The summed E-state index contributed by atoms with van der Waals surface area (Å²) in [6.07, 6.45) is 16.7. The number of anilines is 2. The number of nitrogens with one attached hydrogen (secondary N) is 2. The molecule has 3 heterocycles. The fourth-order valence-electron chi connectivity index (χ4n) is 9.23. The number of aliphatic imine (C=N–C) groups is 2. The van der Waals surface area contributed by atoms with Crippen molar-refractivity contribution in [2.24, 2.45) is 20.9 Å². The van der Waals surface area contributed by atoms with Crippen molar-refractivity contribution in [3.63, 3.8) is 0 Å². The van der Waals surface area contributed by atoms with E-state index in [4.69, 9.17) is 27.4 Å². The van der Waals surface area contributed by atoms with Gasteiger partial charge in [0.15, 0.2) is 0 Å². The Labute approximate surface area is 390 Å². The summed E-state index contributed by atoms with van der Waals surface area (Å²) in [6, 6.07) is 23.6. The molecule has 0 radical (unpaired) electrons. The molecule has 1 aromatic heterocycles. The number of unbranched alkanes of at least 4 members (excludes halogenated alkanes) is 4. The predicted molar refractivity (Wildman–Crippen MR) is 259 cm³/mol. The zero-order valence-corrected chi connectivity index (χ0v) is 38.0. The van der Waals surface area contributed by atoms with Crippen LogP contribution in [-0.2, 0) is 24.3 Å². The summed E-state index contributed by atoms with van der Waals surface area (Å²) in [5.41, 5.74) is 7.74. The van der Waals surface area contributed by atoms with Crippen molar-refractivity contribution in [1.29, 1.82) is 0 Å². The molecule has 14 heteroatoms. The van der Waals surface area contributed by atoms with Crippen molar-refractivity contribution in [1.82, 2.24) is 20.2 Å². The Balaban J connectivity index is 0.751. The molecule has 342 valence electrons. The van der Waals surface area contributed by atoms with Gasteiger partial charge in [-0.2, -0.15) is 5.10 Å². The second-order valence-corrected chi connectivity index (χ2v) is 17.9. The highest BCUT2D eigenvalue weighted by atomic mass is 35.5. The molecule has 0 saturated heterocycles. The molecule has 2 aliphatic heterocycles. The first-order valence-corrected chi connectivity index (χ1v) is 23.5. The second-order valence-electron chi connectivity index (χ2n) is 17.5. The van der Waals surface area contributed by atoms with E-state index >= 15 is 0 Å². The smallest absolute Gasteiger partial charge is 0.254 e. The van der Waals surface area contributed by atoms with Crippen LogP contribution >= 0.6 is 11.6 Å². The summed E-state index contributed by atoms with van der Waals surface area (Å²) in [6.45, 7) is 3.82. The zero-order valence-electron chi connectivity index (χ0n) is 37.3. The molecule has 3 aliphatic rings. The molecule has 1 aliphatic carbocycles. The summed E-state index contributed by atoms with van der Waals surface area (Å²) in [7, 11) is 0. The first-order chi connectivity index (χ1) is 32.2. The number of aryl methyl sites for hydroxylation is 1. The van der Waals surface area contributed by atoms with Crippen LogP contribution in [0.5, 0.6) is 0 Å². The number of benzene rings is 4. The number of carbonyl (C=O) groups excluding carboxylic acids is 2. The third-order valence-corrected chi connectivity index (χ3v) is 13.2. The summed E-state index contributed by atoms with van der Waals surface area (Å²) in [4.78, 5) is 44.4. The van der Waals surface area contributed by atoms with Crippen LogP contribution in [-0.4, -0.2) is 69.4 Å². The number of nitrogens with two attached hydrogens (primary N) is 1. The number of hydrazone groups is 1. The molecule has 0 bridgehead atoms. The summed E-state index contributed by atoms with van der Waals surface area (Å²) in [5.74, 6) is 4.85. The molecule has 1 fully saturated rings. The van der Waals surface area contributed by atoms with E-state index in [0.717, 1.165) is 73.7 Å². The molecule has 4 N–H and O–H groups in total. The molecule has 1 saturated carbocycles. The lowest BCUT2D eigenvalue weighted by Crippen LogP contribution is -2.34. The molecule has 0 spiro atoms. The Morgan fingerprint density at radius 1 is 0.924 bits per heavy atom. The van der Waals surface area contributed by atoms with Crippen LogP contribution < -0.4 is 16.5 Å². The minimum Gasteiger partial charge on any atom is -0.332 e. The maximum atomic E-state index is 15.0. The van der Waals surface area contributed by atoms with Gasteiger partial charge in [0.2, 0.25) is 5.95 Å². The van der Waals surface area contributed by atoms with Crippen molar-refractivity contribution in [3.8, 4) is 11.3 Å². The molecule has 1 amide bonds. The van der Waals surface area contributed by atoms with Gasteiger partial charge in [0.25, 0.3) is 5.91 Å². The molecular weight excluding hydrogens is 856 g/mol. The minimum absolute atomic E-state index is 0.0668. The SMILES string of the molecule is CC(CCC=O)N1Cc2cc(CCCCCCCNC3CCC(N=CC(=NN)c4ccc(Nc5ncc6c(n5)-c5ccc(Cl)cc5C(c5c(F)cccc5F)=NC6)cc4)CC3)ccc2C1=O. The van der Waals surface area contributed by atoms with E-state index in [2.05, 4.69) is 37.8 Å². The lowest BCUT2D eigenvalue weighted by Gasteiger charge is -2.27. The third kappa shape index (κ3) is 11.1. The van der Waals surface area contributed by atoms with Gasteiger partial charge in [-0.05, 0) is 118 Å². The molecule has 1 atom stereocenters. The van der Waals surface area contributed by atoms with Crippen LogP contribution in [0.25, 0.3) is 11.3 Å². The van der Waals surface area contributed by atoms with Crippen LogP contribution in [0.3, 0.4) is 0 Å². The number of fused-ring (bicyclic) bond motifs is 4.